The molecule has 0 aromatic carbocycles. The number of rotatable bonds is 4. The second-order valence-corrected chi connectivity index (χ2v) is 5.48. The molecule has 2 rings (SSSR count). The lowest BCUT2D eigenvalue weighted by Gasteiger charge is -2.46. The minimum absolute atomic E-state index is 0.453. The van der Waals surface area contributed by atoms with Crippen LogP contribution in [0.25, 0.3) is 0 Å². The molecular formula is C12H16Cl2N2O. The first-order valence-corrected chi connectivity index (χ1v) is 6.54. The minimum atomic E-state index is -0.514. The maximum Gasteiger partial charge on any atom is 0.129 e. The Morgan fingerprint density at radius 3 is 2.76 bits per heavy atom. The van der Waals surface area contributed by atoms with E-state index in [0.29, 0.717) is 29.8 Å². The van der Waals surface area contributed by atoms with Crippen molar-refractivity contribution in [3.8, 4) is 0 Å². The number of nitrogens with zero attached hydrogens (tertiary/aromatic N) is 2. The third-order valence-electron chi connectivity index (χ3n) is 3.01. The van der Waals surface area contributed by atoms with Crippen molar-refractivity contribution in [2.24, 2.45) is 0 Å². The second kappa shape index (κ2) is 5.11. The molecule has 1 aromatic rings. The predicted octanol–water partition coefficient (Wildman–Crippen LogP) is 2.74. The Kier molecular flexibility index (Phi) is 3.93. The molecule has 3 nitrogen and oxygen atoms in total. The molecule has 0 radical (unpaired) electrons. The number of hydrogen-bond donors (Lipinski definition) is 1. The minimum Gasteiger partial charge on any atom is -0.387 e. The van der Waals surface area contributed by atoms with Gasteiger partial charge in [-0.25, -0.2) is 4.98 Å². The molecule has 0 amide bonds. The highest BCUT2D eigenvalue weighted by atomic mass is 35.5. The van der Waals surface area contributed by atoms with E-state index in [1.165, 1.54) is 0 Å². The molecule has 5 heteroatoms. The number of hydrogen-bond acceptors (Lipinski definition) is 3. The summed E-state index contributed by atoms with van der Waals surface area (Å²) >= 11 is 11.9. The van der Waals surface area contributed by atoms with Gasteiger partial charge in [-0.1, -0.05) is 36.5 Å². The van der Waals surface area contributed by atoms with Crippen LogP contribution in [0.5, 0.6) is 0 Å². The van der Waals surface area contributed by atoms with E-state index in [9.17, 15) is 5.11 Å². The fraction of sp³-hybridized carbons (Fsp3) is 0.583. The summed E-state index contributed by atoms with van der Waals surface area (Å²) in [6.45, 7) is 4.10. The van der Waals surface area contributed by atoms with Crippen molar-refractivity contribution in [2.75, 3.05) is 13.1 Å². The van der Waals surface area contributed by atoms with Gasteiger partial charge < -0.3 is 5.11 Å². The molecule has 17 heavy (non-hydrogen) atoms. The van der Waals surface area contributed by atoms with E-state index in [1.807, 2.05) is 0 Å². The quantitative estimate of drug-likeness (QED) is 0.858. The number of β-amino-alcohol motifs (C(OH)–C–C–N with tert-alkyl or cyclic N) is 1. The maximum atomic E-state index is 10.1. The van der Waals surface area contributed by atoms with Gasteiger partial charge in [-0.3, -0.25) is 4.90 Å². The van der Waals surface area contributed by atoms with Gasteiger partial charge in [0.05, 0.1) is 16.3 Å². The first kappa shape index (κ1) is 13.1. The Morgan fingerprint density at radius 1 is 1.41 bits per heavy atom. The summed E-state index contributed by atoms with van der Waals surface area (Å²) in [4.78, 5) is 6.32. The van der Waals surface area contributed by atoms with Gasteiger partial charge in [-0.15, -0.1) is 0 Å². The molecule has 0 saturated carbocycles. The zero-order chi connectivity index (χ0) is 12.5. The fourth-order valence-corrected chi connectivity index (χ4v) is 2.63. The highest BCUT2D eigenvalue weighted by Crippen LogP contribution is 2.28. The summed E-state index contributed by atoms with van der Waals surface area (Å²) in [6.07, 6.45) is 1.85. The molecule has 0 aliphatic carbocycles. The Labute approximate surface area is 111 Å². The molecule has 2 heterocycles. The topological polar surface area (TPSA) is 36.4 Å². The van der Waals surface area contributed by atoms with Crippen LogP contribution in [-0.2, 0) is 6.54 Å². The summed E-state index contributed by atoms with van der Waals surface area (Å²) < 4.78 is 0. The van der Waals surface area contributed by atoms with Gasteiger partial charge in [0.1, 0.15) is 5.15 Å². The Bertz CT molecular complexity index is 405. The van der Waals surface area contributed by atoms with Crippen LogP contribution in [0, 0.1) is 0 Å². The van der Waals surface area contributed by atoms with E-state index in [4.69, 9.17) is 23.2 Å². The first-order chi connectivity index (χ1) is 8.02. The lowest BCUT2D eigenvalue weighted by Crippen LogP contribution is -2.61. The van der Waals surface area contributed by atoms with Crippen LogP contribution in [0.4, 0.5) is 0 Å². The van der Waals surface area contributed by atoms with Crippen LogP contribution in [0.2, 0.25) is 10.2 Å². The predicted molar refractivity (Wildman–Crippen MR) is 69.4 cm³/mol. The van der Waals surface area contributed by atoms with E-state index in [-0.39, 0.29) is 0 Å². The van der Waals surface area contributed by atoms with E-state index in [2.05, 4.69) is 16.8 Å². The average molecular weight is 275 g/mol. The van der Waals surface area contributed by atoms with Gasteiger partial charge in [0.15, 0.2) is 0 Å². The van der Waals surface area contributed by atoms with Crippen molar-refractivity contribution >= 4 is 23.2 Å². The summed E-state index contributed by atoms with van der Waals surface area (Å²) in [6, 6.07) is 3.43. The van der Waals surface area contributed by atoms with E-state index in [0.717, 1.165) is 18.5 Å². The number of likely N-dealkylation sites (tertiary alicyclic amines) is 1. The third kappa shape index (κ3) is 3.10. The largest absolute Gasteiger partial charge is 0.387 e. The summed E-state index contributed by atoms with van der Waals surface area (Å²) in [5.41, 5.74) is 0.262. The van der Waals surface area contributed by atoms with Crippen LogP contribution in [-0.4, -0.2) is 33.7 Å². The molecule has 1 aliphatic heterocycles. The standard InChI is InChI=1S/C12H16Cl2N2O/c1-2-5-12(17)7-16(8-12)6-10-9(13)3-4-11(14)15-10/h3-4,17H,2,5-8H2,1H3. The monoisotopic (exact) mass is 274 g/mol. The SMILES string of the molecule is CCCC1(O)CN(Cc2nc(Cl)ccc2Cl)C1. The molecule has 1 aromatic heterocycles. The van der Waals surface area contributed by atoms with Gasteiger partial charge in [0.25, 0.3) is 0 Å². The highest BCUT2D eigenvalue weighted by molar-refractivity contribution is 6.32. The Hall–Kier alpha value is -0.350. The zero-order valence-corrected chi connectivity index (χ0v) is 11.3. The van der Waals surface area contributed by atoms with Crippen molar-refractivity contribution in [1.82, 2.24) is 9.88 Å². The zero-order valence-electron chi connectivity index (χ0n) is 9.79. The Balaban J connectivity index is 1.93. The van der Waals surface area contributed by atoms with Crippen molar-refractivity contribution in [3.05, 3.63) is 28.0 Å². The highest BCUT2D eigenvalue weighted by Gasteiger charge is 2.40. The molecule has 0 atom stereocenters. The van der Waals surface area contributed by atoms with E-state index in [1.54, 1.807) is 12.1 Å². The van der Waals surface area contributed by atoms with Crippen molar-refractivity contribution < 1.29 is 5.11 Å². The molecule has 0 bridgehead atoms. The van der Waals surface area contributed by atoms with Crippen LogP contribution in [0.1, 0.15) is 25.5 Å². The van der Waals surface area contributed by atoms with Gasteiger partial charge >= 0.3 is 0 Å². The molecule has 1 N–H and O–H groups in total. The van der Waals surface area contributed by atoms with Crippen LogP contribution >= 0.6 is 23.2 Å². The van der Waals surface area contributed by atoms with E-state index >= 15 is 0 Å². The fourth-order valence-electron chi connectivity index (χ4n) is 2.30. The second-order valence-electron chi connectivity index (χ2n) is 4.68. The molecular weight excluding hydrogens is 259 g/mol. The number of aromatic nitrogens is 1. The molecule has 94 valence electrons. The van der Waals surface area contributed by atoms with Crippen LogP contribution < -0.4 is 0 Å². The molecule has 0 spiro atoms. The van der Waals surface area contributed by atoms with Crippen LogP contribution in [0.3, 0.4) is 0 Å². The summed E-state index contributed by atoms with van der Waals surface area (Å²) in [7, 11) is 0. The lowest BCUT2D eigenvalue weighted by molar-refractivity contribution is -0.107. The number of pyridine rings is 1. The normalized spacial score (nSPS) is 19.1. The first-order valence-electron chi connectivity index (χ1n) is 5.78. The van der Waals surface area contributed by atoms with E-state index < -0.39 is 5.60 Å². The number of halogens is 2. The van der Waals surface area contributed by atoms with Crippen molar-refractivity contribution in [1.29, 1.82) is 0 Å². The van der Waals surface area contributed by atoms with Gasteiger partial charge in [-0.05, 0) is 18.6 Å². The van der Waals surface area contributed by atoms with Crippen molar-refractivity contribution in [2.45, 2.75) is 31.9 Å². The number of aliphatic hydroxyl groups is 1. The molecule has 1 fully saturated rings. The summed E-state index contributed by atoms with van der Waals surface area (Å²) in [5, 5.41) is 11.1. The maximum absolute atomic E-state index is 10.1. The molecule has 1 saturated heterocycles. The molecule has 0 unspecified atom stereocenters. The van der Waals surface area contributed by atoms with Gasteiger partial charge in [0.2, 0.25) is 0 Å². The average Bonchev–Trinajstić information content (AvgIpc) is 2.21. The molecule has 1 aliphatic rings. The van der Waals surface area contributed by atoms with Crippen molar-refractivity contribution in [3.63, 3.8) is 0 Å². The summed E-state index contributed by atoms with van der Waals surface area (Å²) in [5.74, 6) is 0. The lowest BCUT2D eigenvalue weighted by atomic mass is 9.89. The van der Waals surface area contributed by atoms with Gasteiger partial charge in [-0.2, -0.15) is 0 Å². The smallest absolute Gasteiger partial charge is 0.129 e. The Morgan fingerprint density at radius 2 is 2.12 bits per heavy atom. The van der Waals surface area contributed by atoms with Gasteiger partial charge in [0, 0.05) is 19.6 Å². The van der Waals surface area contributed by atoms with Crippen LogP contribution in [0.15, 0.2) is 12.1 Å². The third-order valence-corrected chi connectivity index (χ3v) is 3.56.